The third kappa shape index (κ3) is 2.47. The molecule has 0 spiro atoms. The van der Waals surface area contributed by atoms with Crippen molar-refractivity contribution in [2.45, 2.75) is 6.92 Å². The van der Waals surface area contributed by atoms with Gasteiger partial charge in [-0.3, -0.25) is 4.79 Å². The van der Waals surface area contributed by atoms with Crippen molar-refractivity contribution in [2.24, 2.45) is 0 Å². The van der Waals surface area contributed by atoms with Crippen LogP contribution in [0, 0.1) is 0 Å². The van der Waals surface area contributed by atoms with Crippen LogP contribution >= 0.6 is 0 Å². The third-order valence-electron chi connectivity index (χ3n) is 1.48. The average molecular weight is 164 g/mol. The first-order chi connectivity index (χ1) is 4.75. The fourth-order valence-electron chi connectivity index (χ4n) is 0.878. The summed E-state index contributed by atoms with van der Waals surface area (Å²) in [5.41, 5.74) is 0. The summed E-state index contributed by atoms with van der Waals surface area (Å²) >= 11 is 0. The van der Waals surface area contributed by atoms with E-state index in [1.807, 2.05) is 6.92 Å². The monoisotopic (exact) mass is 164 g/mol. The molecule has 1 aliphatic rings. The van der Waals surface area contributed by atoms with Gasteiger partial charge in [0.05, 0.1) is 0 Å². The van der Waals surface area contributed by atoms with Crippen molar-refractivity contribution in [3.8, 4) is 0 Å². The van der Waals surface area contributed by atoms with E-state index in [2.05, 4.69) is 5.32 Å². The normalized spacial score (nSPS) is 17.4. The summed E-state index contributed by atoms with van der Waals surface area (Å²) in [6, 6.07) is 0. The molecule has 1 aliphatic heterocycles. The Morgan fingerprint density at radius 2 is 2.18 bits per heavy atom. The van der Waals surface area contributed by atoms with E-state index >= 15 is 0 Å². The summed E-state index contributed by atoms with van der Waals surface area (Å²) in [4.78, 5) is 22.9. The molecule has 56 valence electrons. The first-order valence-corrected chi connectivity index (χ1v) is 3.26. The second kappa shape index (κ2) is 4.74. The molecule has 0 aliphatic carbocycles. The van der Waals surface area contributed by atoms with Crippen LogP contribution in [0.2, 0.25) is 0 Å². The minimum absolute atomic E-state index is 0. The SMILES string of the molecule is CCN1CC[N-]C(=O)C1=O.[Na+]. The fraction of sp³-hybridized carbons (Fsp3) is 0.667. The zero-order valence-electron chi connectivity index (χ0n) is 6.83. The zero-order chi connectivity index (χ0) is 7.56. The van der Waals surface area contributed by atoms with Gasteiger partial charge in [0.15, 0.2) is 0 Å². The van der Waals surface area contributed by atoms with Gasteiger partial charge in [-0.15, -0.1) is 6.54 Å². The standard InChI is InChI=1S/C6H10N2O2.Na/c1-2-8-4-3-7-5(9)6(8)10;/h2-4H2,1H3,(H,7,9);/q;+1/p-1. The molecule has 2 amide bonds. The smallest absolute Gasteiger partial charge is 0.644 e. The number of piperazine rings is 1. The predicted molar refractivity (Wildman–Crippen MR) is 35.5 cm³/mol. The van der Waals surface area contributed by atoms with Crippen LogP contribution in [0.15, 0.2) is 0 Å². The van der Waals surface area contributed by atoms with Gasteiger partial charge in [-0.2, -0.15) is 0 Å². The van der Waals surface area contributed by atoms with Crippen LogP contribution in [0.4, 0.5) is 0 Å². The molecule has 0 bridgehead atoms. The van der Waals surface area contributed by atoms with Gasteiger partial charge in [0, 0.05) is 13.1 Å². The van der Waals surface area contributed by atoms with Gasteiger partial charge in [-0.1, -0.05) is 0 Å². The summed E-state index contributed by atoms with van der Waals surface area (Å²) < 4.78 is 0. The Morgan fingerprint density at radius 1 is 1.55 bits per heavy atom. The molecule has 0 saturated carbocycles. The molecule has 1 saturated heterocycles. The number of hydrogen-bond acceptors (Lipinski definition) is 2. The molecule has 1 rings (SSSR count). The molecule has 0 radical (unpaired) electrons. The van der Waals surface area contributed by atoms with Crippen LogP contribution in [0.3, 0.4) is 0 Å². The van der Waals surface area contributed by atoms with Crippen LogP contribution < -0.4 is 29.6 Å². The van der Waals surface area contributed by atoms with Crippen molar-refractivity contribution >= 4 is 11.8 Å². The molecule has 11 heavy (non-hydrogen) atoms. The molecular formula is C6H9N2NaO2. The Kier molecular flexibility index (Phi) is 4.72. The molecule has 0 N–H and O–H groups in total. The predicted octanol–water partition coefficient (Wildman–Crippen LogP) is -3.25. The summed E-state index contributed by atoms with van der Waals surface area (Å²) in [7, 11) is 0. The van der Waals surface area contributed by atoms with Gasteiger partial charge >= 0.3 is 29.6 Å². The minimum atomic E-state index is -0.604. The van der Waals surface area contributed by atoms with Gasteiger partial charge < -0.3 is 15.0 Å². The number of likely N-dealkylation sites (N-methyl/N-ethyl adjacent to an activating group) is 1. The van der Waals surface area contributed by atoms with Gasteiger partial charge in [0.25, 0.3) is 5.91 Å². The summed E-state index contributed by atoms with van der Waals surface area (Å²) in [6.07, 6.45) is 0. The Hall–Kier alpha value is -0.0600. The first kappa shape index (κ1) is 10.9. The quantitative estimate of drug-likeness (QED) is 0.302. The molecule has 0 atom stereocenters. The van der Waals surface area contributed by atoms with Crippen LogP contribution in [-0.2, 0) is 9.59 Å². The second-order valence-corrected chi connectivity index (χ2v) is 2.07. The zero-order valence-corrected chi connectivity index (χ0v) is 8.83. The largest absolute Gasteiger partial charge is 1.00 e. The van der Waals surface area contributed by atoms with E-state index in [1.165, 1.54) is 4.90 Å². The number of carbonyl (C=O) groups excluding carboxylic acids is 2. The fourth-order valence-corrected chi connectivity index (χ4v) is 0.878. The number of rotatable bonds is 1. The van der Waals surface area contributed by atoms with Crippen molar-refractivity contribution in [1.29, 1.82) is 0 Å². The average Bonchev–Trinajstić information content (AvgIpc) is 1.95. The molecule has 1 fully saturated rings. The van der Waals surface area contributed by atoms with Crippen molar-refractivity contribution < 1.29 is 39.1 Å². The van der Waals surface area contributed by atoms with Crippen molar-refractivity contribution in [3.63, 3.8) is 0 Å². The number of amides is 2. The van der Waals surface area contributed by atoms with Gasteiger partial charge in [-0.25, -0.2) is 0 Å². The molecule has 0 unspecified atom stereocenters. The molecule has 0 aromatic heterocycles. The Labute approximate surface area is 87.6 Å². The Morgan fingerprint density at radius 3 is 2.64 bits per heavy atom. The molecule has 4 nitrogen and oxygen atoms in total. The maximum atomic E-state index is 10.8. The van der Waals surface area contributed by atoms with Crippen molar-refractivity contribution in [1.82, 2.24) is 4.90 Å². The number of nitrogens with zero attached hydrogens (tertiary/aromatic N) is 2. The topological polar surface area (TPSA) is 51.5 Å². The molecule has 1 heterocycles. The van der Waals surface area contributed by atoms with Crippen LogP contribution in [-0.4, -0.2) is 36.3 Å². The van der Waals surface area contributed by atoms with Crippen LogP contribution in [0.1, 0.15) is 6.92 Å². The van der Waals surface area contributed by atoms with E-state index in [4.69, 9.17) is 0 Å². The maximum absolute atomic E-state index is 10.8. The van der Waals surface area contributed by atoms with E-state index < -0.39 is 11.8 Å². The Balaban J connectivity index is 0.000001000. The van der Waals surface area contributed by atoms with E-state index in [9.17, 15) is 9.59 Å². The van der Waals surface area contributed by atoms with Crippen molar-refractivity contribution in [2.75, 3.05) is 19.6 Å². The van der Waals surface area contributed by atoms with E-state index in [-0.39, 0.29) is 29.6 Å². The second-order valence-electron chi connectivity index (χ2n) is 2.07. The molecule has 5 heteroatoms. The van der Waals surface area contributed by atoms with Gasteiger partial charge in [-0.05, 0) is 6.92 Å². The Bertz CT molecular complexity index is 172. The number of hydrogen-bond donors (Lipinski definition) is 0. The molecule has 0 aromatic carbocycles. The molecule has 0 aromatic rings. The maximum Gasteiger partial charge on any atom is 1.00 e. The van der Waals surface area contributed by atoms with Crippen molar-refractivity contribution in [3.05, 3.63) is 5.32 Å². The van der Waals surface area contributed by atoms with Crippen LogP contribution in [0.25, 0.3) is 5.32 Å². The summed E-state index contributed by atoms with van der Waals surface area (Å²) in [5, 5.41) is 3.48. The van der Waals surface area contributed by atoms with Crippen LogP contribution in [0.5, 0.6) is 0 Å². The first-order valence-electron chi connectivity index (χ1n) is 3.26. The molecular weight excluding hydrogens is 155 g/mol. The van der Waals surface area contributed by atoms with Gasteiger partial charge in [0.1, 0.15) is 5.91 Å². The van der Waals surface area contributed by atoms with E-state index in [0.717, 1.165) is 0 Å². The summed E-state index contributed by atoms with van der Waals surface area (Å²) in [5.74, 6) is -1.07. The van der Waals surface area contributed by atoms with Gasteiger partial charge in [0.2, 0.25) is 0 Å². The van der Waals surface area contributed by atoms with E-state index in [1.54, 1.807) is 0 Å². The summed E-state index contributed by atoms with van der Waals surface area (Å²) in [6.45, 7) is 3.48. The van der Waals surface area contributed by atoms with E-state index in [0.29, 0.717) is 19.6 Å². The number of carbonyl (C=O) groups is 2. The third-order valence-corrected chi connectivity index (χ3v) is 1.48. The minimum Gasteiger partial charge on any atom is -0.644 e.